The molecule has 2 heterocycles. The molecular weight excluding hydrogens is 230 g/mol. The zero-order valence-corrected chi connectivity index (χ0v) is 10.9. The van der Waals surface area contributed by atoms with Crippen LogP contribution in [0.1, 0.15) is 38.4 Å². The Kier molecular flexibility index (Phi) is 4.69. The lowest BCUT2D eigenvalue weighted by molar-refractivity contribution is -0.123. The van der Waals surface area contributed by atoms with Gasteiger partial charge < -0.3 is 15.2 Å². The second-order valence-corrected chi connectivity index (χ2v) is 4.61. The van der Waals surface area contributed by atoms with Gasteiger partial charge >= 0.3 is 0 Å². The smallest absolute Gasteiger partial charge is 0.237 e. The number of amides is 1. The summed E-state index contributed by atoms with van der Waals surface area (Å²) in [6, 6.07) is -0.0505. The Hall–Kier alpha value is -1.43. The van der Waals surface area contributed by atoms with Crippen LogP contribution in [-0.2, 0) is 17.9 Å². The highest BCUT2D eigenvalue weighted by Gasteiger charge is 2.19. The first-order valence-electron chi connectivity index (χ1n) is 6.69. The van der Waals surface area contributed by atoms with Gasteiger partial charge in [0.1, 0.15) is 6.33 Å². The van der Waals surface area contributed by atoms with Crippen molar-refractivity contribution in [3.05, 3.63) is 12.2 Å². The quantitative estimate of drug-likeness (QED) is 0.815. The number of carbonyl (C=O) groups is 1. The molecule has 18 heavy (non-hydrogen) atoms. The van der Waals surface area contributed by atoms with Crippen molar-refractivity contribution in [3.63, 3.8) is 0 Å². The third-order valence-corrected chi connectivity index (χ3v) is 3.33. The second-order valence-electron chi connectivity index (χ2n) is 4.61. The maximum Gasteiger partial charge on any atom is 0.237 e. The molecule has 1 aliphatic rings. The summed E-state index contributed by atoms with van der Waals surface area (Å²) in [6.07, 6.45) is 6.10. The summed E-state index contributed by atoms with van der Waals surface area (Å²) in [7, 11) is 0. The molecule has 1 saturated heterocycles. The van der Waals surface area contributed by atoms with E-state index in [1.54, 1.807) is 6.33 Å². The summed E-state index contributed by atoms with van der Waals surface area (Å²) in [5.41, 5.74) is 0. The van der Waals surface area contributed by atoms with Gasteiger partial charge in [0.2, 0.25) is 5.91 Å². The van der Waals surface area contributed by atoms with Crippen LogP contribution in [-0.4, -0.2) is 33.3 Å². The monoisotopic (exact) mass is 251 g/mol. The van der Waals surface area contributed by atoms with E-state index in [0.29, 0.717) is 6.54 Å². The van der Waals surface area contributed by atoms with Crippen LogP contribution in [0.3, 0.4) is 0 Å². The Labute approximate surface area is 107 Å². The van der Waals surface area contributed by atoms with Crippen molar-refractivity contribution in [1.29, 1.82) is 0 Å². The van der Waals surface area contributed by atoms with Crippen molar-refractivity contribution < 1.29 is 4.79 Å². The predicted molar refractivity (Wildman–Crippen MR) is 67.8 cm³/mol. The fraction of sp³-hybridized carbons (Fsp3) is 0.750. The minimum absolute atomic E-state index is 0.0505. The van der Waals surface area contributed by atoms with Crippen molar-refractivity contribution in [3.8, 4) is 0 Å². The first-order chi connectivity index (χ1) is 8.81. The van der Waals surface area contributed by atoms with Gasteiger partial charge in [-0.2, -0.15) is 0 Å². The van der Waals surface area contributed by atoms with Gasteiger partial charge in [-0.25, -0.2) is 0 Å². The summed E-state index contributed by atoms with van der Waals surface area (Å²) in [6.45, 7) is 4.23. The van der Waals surface area contributed by atoms with Crippen molar-refractivity contribution in [1.82, 2.24) is 25.4 Å². The second kappa shape index (κ2) is 6.49. The third kappa shape index (κ3) is 3.29. The van der Waals surface area contributed by atoms with Crippen LogP contribution in [0.15, 0.2) is 6.33 Å². The van der Waals surface area contributed by atoms with E-state index in [9.17, 15) is 4.79 Å². The van der Waals surface area contributed by atoms with E-state index in [0.717, 1.165) is 38.2 Å². The molecule has 1 amide bonds. The third-order valence-electron chi connectivity index (χ3n) is 3.33. The molecule has 0 spiro atoms. The molecule has 1 unspecified atom stereocenters. The average molecular weight is 251 g/mol. The van der Waals surface area contributed by atoms with Crippen LogP contribution in [0.2, 0.25) is 0 Å². The number of aromatic nitrogens is 3. The van der Waals surface area contributed by atoms with Gasteiger partial charge in [0.25, 0.3) is 0 Å². The molecule has 0 radical (unpaired) electrons. The highest BCUT2D eigenvalue weighted by Crippen LogP contribution is 2.08. The number of nitrogens with zero attached hydrogens (tertiary/aromatic N) is 3. The topological polar surface area (TPSA) is 71.8 Å². The van der Waals surface area contributed by atoms with Crippen molar-refractivity contribution in [2.24, 2.45) is 0 Å². The minimum atomic E-state index is -0.0505. The van der Waals surface area contributed by atoms with Crippen LogP contribution in [0, 0.1) is 0 Å². The maximum atomic E-state index is 12.0. The molecule has 1 aliphatic heterocycles. The van der Waals surface area contributed by atoms with E-state index in [1.807, 2.05) is 11.5 Å². The SMILES string of the molecule is CCn1cnnc1CNC(=O)C1CCCCCN1. The van der Waals surface area contributed by atoms with Gasteiger partial charge in [-0.05, 0) is 26.3 Å². The molecule has 100 valence electrons. The van der Waals surface area contributed by atoms with Gasteiger partial charge in [0.15, 0.2) is 5.82 Å². The van der Waals surface area contributed by atoms with Crippen LogP contribution in [0.5, 0.6) is 0 Å². The molecule has 1 fully saturated rings. The molecule has 0 bridgehead atoms. The van der Waals surface area contributed by atoms with Gasteiger partial charge in [-0.15, -0.1) is 10.2 Å². The predicted octanol–water partition coefficient (Wildman–Crippen LogP) is 0.446. The Balaban J connectivity index is 1.83. The summed E-state index contributed by atoms with van der Waals surface area (Å²) in [4.78, 5) is 12.0. The Morgan fingerprint density at radius 1 is 1.56 bits per heavy atom. The van der Waals surface area contributed by atoms with Crippen molar-refractivity contribution in [2.45, 2.75) is 51.7 Å². The normalized spacial score (nSPS) is 20.4. The fourth-order valence-corrected chi connectivity index (χ4v) is 2.22. The van der Waals surface area contributed by atoms with E-state index in [4.69, 9.17) is 0 Å². The van der Waals surface area contributed by atoms with E-state index < -0.39 is 0 Å². The van der Waals surface area contributed by atoms with E-state index in [-0.39, 0.29) is 11.9 Å². The molecule has 2 N–H and O–H groups in total. The molecule has 0 saturated carbocycles. The molecule has 0 aliphatic carbocycles. The molecule has 2 rings (SSSR count). The molecular formula is C12H21N5O. The zero-order valence-electron chi connectivity index (χ0n) is 10.9. The molecule has 6 heteroatoms. The Morgan fingerprint density at radius 2 is 2.44 bits per heavy atom. The van der Waals surface area contributed by atoms with E-state index in [2.05, 4.69) is 20.8 Å². The number of hydrogen-bond donors (Lipinski definition) is 2. The summed E-state index contributed by atoms with van der Waals surface area (Å²) < 4.78 is 1.93. The van der Waals surface area contributed by atoms with Crippen molar-refractivity contribution in [2.75, 3.05) is 6.54 Å². The lowest BCUT2D eigenvalue weighted by Crippen LogP contribution is -2.43. The number of nitrogens with one attached hydrogen (secondary N) is 2. The average Bonchev–Trinajstić information content (AvgIpc) is 2.67. The van der Waals surface area contributed by atoms with Crippen molar-refractivity contribution >= 4 is 5.91 Å². The van der Waals surface area contributed by atoms with Gasteiger partial charge in [-0.1, -0.05) is 12.8 Å². The maximum absolute atomic E-state index is 12.0. The lowest BCUT2D eigenvalue weighted by Gasteiger charge is -2.15. The molecule has 1 aromatic rings. The number of rotatable bonds is 4. The van der Waals surface area contributed by atoms with Crippen LogP contribution in [0.4, 0.5) is 0 Å². The number of aryl methyl sites for hydroxylation is 1. The number of hydrogen-bond acceptors (Lipinski definition) is 4. The standard InChI is InChI=1S/C12H21N5O/c1-2-17-9-15-16-11(17)8-14-12(18)10-6-4-3-5-7-13-10/h9-10,13H,2-8H2,1H3,(H,14,18). The molecule has 1 aromatic heterocycles. The first kappa shape index (κ1) is 13.0. The molecule has 0 aromatic carbocycles. The molecule has 6 nitrogen and oxygen atoms in total. The van der Waals surface area contributed by atoms with Gasteiger partial charge in [-0.3, -0.25) is 4.79 Å². The van der Waals surface area contributed by atoms with Crippen LogP contribution in [0.25, 0.3) is 0 Å². The van der Waals surface area contributed by atoms with Crippen LogP contribution < -0.4 is 10.6 Å². The minimum Gasteiger partial charge on any atom is -0.347 e. The summed E-state index contributed by atoms with van der Waals surface area (Å²) in [5.74, 6) is 0.877. The lowest BCUT2D eigenvalue weighted by atomic mass is 10.1. The fourth-order valence-electron chi connectivity index (χ4n) is 2.22. The first-order valence-corrected chi connectivity index (χ1v) is 6.69. The van der Waals surface area contributed by atoms with E-state index >= 15 is 0 Å². The Morgan fingerprint density at radius 3 is 3.28 bits per heavy atom. The van der Waals surface area contributed by atoms with Crippen LogP contribution >= 0.6 is 0 Å². The van der Waals surface area contributed by atoms with Gasteiger partial charge in [0.05, 0.1) is 12.6 Å². The Bertz CT molecular complexity index is 382. The summed E-state index contributed by atoms with van der Waals surface area (Å²) in [5, 5.41) is 14.1. The van der Waals surface area contributed by atoms with E-state index in [1.165, 1.54) is 6.42 Å². The van der Waals surface area contributed by atoms with Gasteiger partial charge in [0, 0.05) is 6.54 Å². The largest absolute Gasteiger partial charge is 0.347 e. The number of carbonyl (C=O) groups excluding carboxylic acids is 1. The zero-order chi connectivity index (χ0) is 12.8. The molecule has 1 atom stereocenters. The summed E-state index contributed by atoms with van der Waals surface area (Å²) >= 11 is 0. The highest BCUT2D eigenvalue weighted by atomic mass is 16.2. The highest BCUT2D eigenvalue weighted by molar-refractivity contribution is 5.81.